The maximum Gasteiger partial charge on any atom is 0.0841 e. The molecule has 0 fully saturated rings. The second kappa shape index (κ2) is 3.72. The van der Waals surface area contributed by atoms with Gasteiger partial charge in [-0.3, -0.25) is 4.68 Å². The molecule has 62 valence electrons. The van der Waals surface area contributed by atoms with Gasteiger partial charge in [0.25, 0.3) is 0 Å². The quantitative estimate of drug-likeness (QED) is 0.647. The topological polar surface area (TPSA) is 30.7 Å². The zero-order valence-corrected chi connectivity index (χ0v) is 7.54. The third-order valence-corrected chi connectivity index (χ3v) is 1.99. The summed E-state index contributed by atoms with van der Waals surface area (Å²) in [6.07, 6.45) is 3.68. The molecule has 0 saturated carbocycles. The van der Waals surface area contributed by atoms with Crippen molar-refractivity contribution in [1.82, 2.24) is 15.0 Å². The van der Waals surface area contributed by atoms with E-state index in [2.05, 4.69) is 17.2 Å². The van der Waals surface area contributed by atoms with E-state index in [4.69, 9.17) is 11.6 Å². The van der Waals surface area contributed by atoms with Gasteiger partial charge in [0.05, 0.1) is 5.69 Å². The van der Waals surface area contributed by atoms with Crippen LogP contribution in [0.5, 0.6) is 0 Å². The molecule has 0 amide bonds. The van der Waals surface area contributed by atoms with E-state index in [9.17, 15) is 0 Å². The van der Waals surface area contributed by atoms with Crippen LogP contribution >= 0.6 is 11.6 Å². The first-order chi connectivity index (χ1) is 5.22. The summed E-state index contributed by atoms with van der Waals surface area (Å²) < 4.78 is 1.69. The predicted octanol–water partition coefficient (Wildman–Crippen LogP) is 1.37. The first-order valence-corrected chi connectivity index (χ1v) is 4.15. The van der Waals surface area contributed by atoms with Crippen molar-refractivity contribution in [2.45, 2.75) is 25.1 Å². The van der Waals surface area contributed by atoms with Gasteiger partial charge >= 0.3 is 0 Å². The molecule has 0 aliphatic heterocycles. The van der Waals surface area contributed by atoms with Crippen LogP contribution in [0, 0.1) is 0 Å². The first-order valence-electron chi connectivity index (χ1n) is 3.71. The van der Waals surface area contributed by atoms with Crippen molar-refractivity contribution < 1.29 is 0 Å². The second-order valence-electron chi connectivity index (χ2n) is 2.59. The predicted molar refractivity (Wildman–Crippen MR) is 44.6 cm³/mol. The van der Waals surface area contributed by atoms with Crippen LogP contribution < -0.4 is 0 Å². The van der Waals surface area contributed by atoms with Crippen molar-refractivity contribution in [2.75, 3.05) is 0 Å². The monoisotopic (exact) mass is 173 g/mol. The molecule has 0 aliphatic rings. The van der Waals surface area contributed by atoms with Crippen molar-refractivity contribution in [3.8, 4) is 0 Å². The maximum atomic E-state index is 5.93. The number of rotatable bonds is 3. The van der Waals surface area contributed by atoms with E-state index in [1.807, 2.05) is 13.2 Å². The number of hydrogen-bond acceptors (Lipinski definition) is 2. The summed E-state index contributed by atoms with van der Waals surface area (Å²) in [6, 6.07) is 0. The number of aryl methyl sites for hydroxylation is 1. The fourth-order valence-electron chi connectivity index (χ4n) is 0.860. The summed E-state index contributed by atoms with van der Waals surface area (Å²) in [6.45, 7) is 2.06. The van der Waals surface area contributed by atoms with E-state index >= 15 is 0 Å². The van der Waals surface area contributed by atoms with Crippen molar-refractivity contribution in [3.05, 3.63) is 11.9 Å². The van der Waals surface area contributed by atoms with Crippen LogP contribution in [0.3, 0.4) is 0 Å². The molecule has 1 atom stereocenters. The molecule has 1 aromatic rings. The highest BCUT2D eigenvalue weighted by Crippen LogP contribution is 2.07. The largest absolute Gasteiger partial charge is 0.255 e. The van der Waals surface area contributed by atoms with Crippen LogP contribution in [-0.2, 0) is 13.5 Å². The van der Waals surface area contributed by atoms with Crippen molar-refractivity contribution in [3.63, 3.8) is 0 Å². The van der Waals surface area contributed by atoms with Gasteiger partial charge < -0.3 is 0 Å². The Labute approximate surface area is 71.4 Å². The molecule has 1 rings (SSSR count). The van der Waals surface area contributed by atoms with E-state index in [0.717, 1.165) is 18.5 Å². The maximum absolute atomic E-state index is 5.93. The average molecular weight is 174 g/mol. The Morgan fingerprint density at radius 3 is 2.91 bits per heavy atom. The Balaban J connectivity index is 2.50. The Bertz CT molecular complexity index is 221. The second-order valence-corrected chi connectivity index (χ2v) is 3.21. The van der Waals surface area contributed by atoms with Gasteiger partial charge in [-0.2, -0.15) is 0 Å². The van der Waals surface area contributed by atoms with Crippen LogP contribution in [0.4, 0.5) is 0 Å². The fourth-order valence-corrected chi connectivity index (χ4v) is 1.02. The number of alkyl halides is 1. The third kappa shape index (κ3) is 2.50. The minimum absolute atomic E-state index is 0.187. The molecular weight excluding hydrogens is 162 g/mol. The summed E-state index contributed by atoms with van der Waals surface area (Å²) >= 11 is 5.93. The molecule has 0 spiro atoms. The lowest BCUT2D eigenvalue weighted by Gasteiger charge is -2.00. The van der Waals surface area contributed by atoms with E-state index < -0.39 is 0 Å². The van der Waals surface area contributed by atoms with Gasteiger partial charge in [0.2, 0.25) is 0 Å². The van der Waals surface area contributed by atoms with E-state index in [-0.39, 0.29) is 5.38 Å². The molecule has 11 heavy (non-hydrogen) atoms. The minimum atomic E-state index is 0.187. The highest BCUT2D eigenvalue weighted by molar-refractivity contribution is 6.20. The summed E-state index contributed by atoms with van der Waals surface area (Å²) in [5, 5.41) is 7.93. The van der Waals surface area contributed by atoms with Crippen LogP contribution in [0.1, 0.15) is 19.0 Å². The molecule has 0 aliphatic carbocycles. The number of halogens is 1. The molecule has 0 saturated heterocycles. The minimum Gasteiger partial charge on any atom is -0.255 e. The summed E-state index contributed by atoms with van der Waals surface area (Å²) in [4.78, 5) is 0. The molecule has 1 unspecified atom stereocenters. The smallest absolute Gasteiger partial charge is 0.0841 e. The standard InChI is InChI=1S/C7H12ClN3/c1-3-6(8)4-7-5-11(2)10-9-7/h5-6H,3-4H2,1-2H3. The van der Waals surface area contributed by atoms with Crippen LogP contribution in [0.15, 0.2) is 6.20 Å². The summed E-state index contributed by atoms with van der Waals surface area (Å²) in [5.74, 6) is 0. The lowest BCUT2D eigenvalue weighted by molar-refractivity contribution is 0.711. The van der Waals surface area contributed by atoms with Crippen molar-refractivity contribution in [2.24, 2.45) is 7.05 Å². The number of nitrogens with zero attached hydrogens (tertiary/aromatic N) is 3. The third-order valence-electron chi connectivity index (χ3n) is 1.52. The number of aromatic nitrogens is 3. The van der Waals surface area contributed by atoms with E-state index in [1.165, 1.54) is 0 Å². The molecule has 0 bridgehead atoms. The Hall–Kier alpha value is -0.570. The SMILES string of the molecule is CCC(Cl)Cc1cn(C)nn1. The molecule has 1 aromatic heterocycles. The van der Waals surface area contributed by atoms with Crippen molar-refractivity contribution >= 4 is 11.6 Å². The average Bonchev–Trinajstić information content (AvgIpc) is 2.35. The molecule has 4 heteroatoms. The van der Waals surface area contributed by atoms with Gasteiger partial charge in [0, 0.05) is 25.0 Å². The zero-order valence-electron chi connectivity index (χ0n) is 6.79. The van der Waals surface area contributed by atoms with Gasteiger partial charge in [0.1, 0.15) is 0 Å². The fraction of sp³-hybridized carbons (Fsp3) is 0.714. The van der Waals surface area contributed by atoms with Crippen LogP contribution in [0.25, 0.3) is 0 Å². The van der Waals surface area contributed by atoms with Gasteiger partial charge in [-0.25, -0.2) is 0 Å². The van der Waals surface area contributed by atoms with Gasteiger partial charge in [-0.05, 0) is 6.42 Å². The Morgan fingerprint density at radius 2 is 2.45 bits per heavy atom. The molecule has 3 nitrogen and oxygen atoms in total. The van der Waals surface area contributed by atoms with E-state index in [0.29, 0.717) is 0 Å². The zero-order chi connectivity index (χ0) is 8.27. The highest BCUT2D eigenvalue weighted by atomic mass is 35.5. The van der Waals surface area contributed by atoms with Gasteiger partial charge in [-0.15, -0.1) is 16.7 Å². The summed E-state index contributed by atoms with van der Waals surface area (Å²) in [5.41, 5.74) is 0.967. The summed E-state index contributed by atoms with van der Waals surface area (Å²) in [7, 11) is 1.85. The molecular formula is C7H12ClN3. The molecule has 0 radical (unpaired) electrons. The van der Waals surface area contributed by atoms with Crippen molar-refractivity contribution in [1.29, 1.82) is 0 Å². The molecule has 0 N–H and O–H groups in total. The highest BCUT2D eigenvalue weighted by Gasteiger charge is 2.05. The first kappa shape index (κ1) is 8.53. The van der Waals surface area contributed by atoms with Crippen LogP contribution in [0.2, 0.25) is 0 Å². The Kier molecular flexibility index (Phi) is 2.88. The van der Waals surface area contributed by atoms with E-state index in [1.54, 1.807) is 4.68 Å². The molecule has 0 aromatic carbocycles. The van der Waals surface area contributed by atoms with Crippen LogP contribution in [-0.4, -0.2) is 20.4 Å². The normalized spacial score (nSPS) is 13.4. The lowest BCUT2D eigenvalue weighted by atomic mass is 10.2. The number of hydrogen-bond donors (Lipinski definition) is 0. The Morgan fingerprint density at radius 1 is 1.73 bits per heavy atom. The molecule has 1 heterocycles. The lowest BCUT2D eigenvalue weighted by Crippen LogP contribution is -2.01. The van der Waals surface area contributed by atoms with Gasteiger partial charge in [0.15, 0.2) is 0 Å². The van der Waals surface area contributed by atoms with Gasteiger partial charge in [-0.1, -0.05) is 12.1 Å².